The van der Waals surface area contributed by atoms with Crippen molar-refractivity contribution >= 4 is 28.8 Å². The minimum absolute atomic E-state index is 0.119. The van der Waals surface area contributed by atoms with Crippen LogP contribution in [0, 0.1) is 5.92 Å². The van der Waals surface area contributed by atoms with Gasteiger partial charge in [-0.15, -0.1) is 0 Å². The van der Waals surface area contributed by atoms with Crippen molar-refractivity contribution < 1.29 is 13.6 Å². The van der Waals surface area contributed by atoms with Crippen LogP contribution in [0.1, 0.15) is 19.9 Å². The molecule has 0 unspecified atom stereocenters. The Balaban J connectivity index is 1.32. The van der Waals surface area contributed by atoms with Crippen molar-refractivity contribution in [2.45, 2.75) is 25.8 Å². The summed E-state index contributed by atoms with van der Waals surface area (Å²) in [5, 5.41) is 2.70. The number of carbonyl (C=O) groups excluding carboxylic acids is 1. The lowest BCUT2D eigenvalue weighted by molar-refractivity contribution is -0.118. The Bertz CT molecular complexity index is 1650. The van der Waals surface area contributed by atoms with E-state index in [4.69, 9.17) is 0 Å². The number of alkyl halides is 2. The van der Waals surface area contributed by atoms with Crippen LogP contribution in [0.3, 0.4) is 0 Å². The number of nitrogens with one attached hydrogen (secondary N) is 1. The highest BCUT2D eigenvalue weighted by atomic mass is 19.3. The molecule has 1 aliphatic heterocycles. The van der Waals surface area contributed by atoms with Gasteiger partial charge in [-0.1, -0.05) is 0 Å². The lowest BCUT2D eigenvalue weighted by Crippen LogP contribution is -2.54. The Morgan fingerprint density at radius 1 is 1.11 bits per heavy atom. The highest BCUT2D eigenvalue weighted by molar-refractivity contribution is 5.93. The third-order valence-electron chi connectivity index (χ3n) is 6.65. The van der Waals surface area contributed by atoms with E-state index in [9.17, 15) is 23.2 Å². The van der Waals surface area contributed by atoms with Gasteiger partial charge in [0.2, 0.25) is 11.9 Å². The van der Waals surface area contributed by atoms with Crippen LogP contribution in [0.25, 0.3) is 22.6 Å². The first-order chi connectivity index (χ1) is 18.0. The van der Waals surface area contributed by atoms with Crippen LogP contribution in [0.5, 0.6) is 0 Å². The zero-order valence-electron chi connectivity index (χ0n) is 21.0. The van der Waals surface area contributed by atoms with Crippen molar-refractivity contribution in [3.63, 3.8) is 0 Å². The third-order valence-corrected chi connectivity index (χ3v) is 6.65. The number of hydrogen-bond acceptors (Lipinski definition) is 9. The SMILES string of the molecule is C[C@@H](C(=O)Nc1ccnc(-c2cnc(N3CC(C(C)(F)F)C3)nc2)n1)n1cnc2c1c(=O)n(C)c(=O)n2C. The summed E-state index contributed by atoms with van der Waals surface area (Å²) in [6.07, 6.45) is 5.77. The van der Waals surface area contributed by atoms with Crippen molar-refractivity contribution in [1.29, 1.82) is 0 Å². The molecule has 0 aromatic carbocycles. The van der Waals surface area contributed by atoms with Crippen molar-refractivity contribution in [3.05, 3.63) is 51.8 Å². The maximum Gasteiger partial charge on any atom is 0.332 e. The summed E-state index contributed by atoms with van der Waals surface area (Å²) in [7, 11) is 2.85. The summed E-state index contributed by atoms with van der Waals surface area (Å²) < 4.78 is 30.4. The van der Waals surface area contributed by atoms with Crippen molar-refractivity contribution in [2.24, 2.45) is 20.0 Å². The van der Waals surface area contributed by atoms with E-state index in [1.54, 1.807) is 11.8 Å². The number of aromatic nitrogens is 8. The summed E-state index contributed by atoms with van der Waals surface area (Å²) >= 11 is 0. The predicted molar refractivity (Wildman–Crippen MR) is 133 cm³/mol. The molecule has 1 N–H and O–H groups in total. The van der Waals surface area contributed by atoms with Crippen molar-refractivity contribution in [1.82, 2.24) is 38.6 Å². The normalized spacial score (nSPS) is 14.9. The number of fused-ring (bicyclic) bond motifs is 1. The van der Waals surface area contributed by atoms with Crippen LogP contribution >= 0.6 is 0 Å². The molecule has 198 valence electrons. The van der Waals surface area contributed by atoms with E-state index < -0.39 is 35.0 Å². The van der Waals surface area contributed by atoms with Crippen LogP contribution in [0.4, 0.5) is 20.5 Å². The minimum atomic E-state index is -2.74. The van der Waals surface area contributed by atoms with Crippen molar-refractivity contribution in [3.8, 4) is 11.4 Å². The average Bonchev–Trinajstić information content (AvgIpc) is 3.30. The molecule has 1 aliphatic rings. The van der Waals surface area contributed by atoms with Gasteiger partial charge in [0.15, 0.2) is 17.0 Å². The fourth-order valence-corrected chi connectivity index (χ4v) is 4.14. The molecule has 38 heavy (non-hydrogen) atoms. The number of anilines is 2. The highest BCUT2D eigenvalue weighted by Gasteiger charge is 2.43. The molecule has 1 atom stereocenters. The molecule has 5 rings (SSSR count). The highest BCUT2D eigenvalue weighted by Crippen LogP contribution is 2.33. The number of halogens is 2. The van der Waals surface area contributed by atoms with E-state index in [0.717, 1.165) is 11.5 Å². The first-order valence-corrected chi connectivity index (χ1v) is 11.7. The molecule has 0 saturated carbocycles. The second-order valence-electron chi connectivity index (χ2n) is 9.29. The van der Waals surface area contributed by atoms with E-state index >= 15 is 0 Å². The molecule has 0 bridgehead atoms. The van der Waals surface area contributed by atoms with Gasteiger partial charge in [-0.25, -0.2) is 38.5 Å². The van der Waals surface area contributed by atoms with Crippen LogP contribution in [0.15, 0.2) is 40.6 Å². The van der Waals surface area contributed by atoms with Crippen LogP contribution in [-0.2, 0) is 18.9 Å². The van der Waals surface area contributed by atoms with Gasteiger partial charge in [-0.3, -0.25) is 18.7 Å². The average molecular weight is 527 g/mol. The molecule has 1 fully saturated rings. The second-order valence-corrected chi connectivity index (χ2v) is 9.29. The first kappa shape index (κ1) is 25.1. The van der Waals surface area contributed by atoms with Gasteiger partial charge in [0.05, 0.1) is 17.8 Å². The zero-order chi connectivity index (χ0) is 27.4. The van der Waals surface area contributed by atoms with E-state index in [1.165, 1.54) is 54.2 Å². The number of aryl methyl sites for hydroxylation is 1. The smallest absolute Gasteiger partial charge is 0.332 e. The van der Waals surface area contributed by atoms with Gasteiger partial charge in [0.1, 0.15) is 11.9 Å². The predicted octanol–water partition coefficient (Wildman–Crippen LogP) is 0.972. The molecule has 13 nitrogen and oxygen atoms in total. The van der Waals surface area contributed by atoms with Gasteiger partial charge in [-0.05, 0) is 19.9 Å². The number of rotatable bonds is 6. The molecule has 4 aromatic heterocycles. The second kappa shape index (κ2) is 9.08. The first-order valence-electron chi connectivity index (χ1n) is 11.7. The maximum atomic E-state index is 13.4. The number of hydrogen-bond donors (Lipinski definition) is 1. The fourth-order valence-electron chi connectivity index (χ4n) is 4.14. The molecule has 15 heteroatoms. The number of amides is 1. The van der Waals surface area contributed by atoms with E-state index in [2.05, 4.69) is 30.2 Å². The largest absolute Gasteiger partial charge is 0.340 e. The van der Waals surface area contributed by atoms with E-state index in [0.29, 0.717) is 11.5 Å². The summed E-state index contributed by atoms with van der Waals surface area (Å²) in [6.45, 7) is 2.84. The number of nitrogens with zero attached hydrogens (tertiary/aromatic N) is 9. The Morgan fingerprint density at radius 2 is 1.79 bits per heavy atom. The standard InChI is InChI=1S/C23H24F2N10O3/c1-12(35-11-29-18-16(35)20(37)33(4)22(38)32(18)3)19(36)31-15-5-6-26-17(30-15)13-7-27-21(28-8-13)34-9-14(10-34)23(2,24)25/h5-8,11-12,14H,9-10H2,1-4H3,(H,26,30,31,36)/t12-/m0/s1. The monoisotopic (exact) mass is 526 g/mol. The lowest BCUT2D eigenvalue weighted by Gasteiger charge is -2.41. The van der Waals surface area contributed by atoms with Gasteiger partial charge < -0.3 is 14.8 Å². The number of carbonyl (C=O) groups is 1. The third kappa shape index (κ3) is 4.29. The van der Waals surface area contributed by atoms with Crippen LogP contribution in [0.2, 0.25) is 0 Å². The van der Waals surface area contributed by atoms with Crippen molar-refractivity contribution in [2.75, 3.05) is 23.3 Å². The molecule has 1 amide bonds. The molecule has 0 aliphatic carbocycles. The summed E-state index contributed by atoms with van der Waals surface area (Å²) in [5.41, 5.74) is -0.324. The quantitative estimate of drug-likeness (QED) is 0.388. The Labute approximate surface area is 213 Å². The van der Waals surface area contributed by atoms with Gasteiger partial charge in [0, 0.05) is 45.8 Å². The Hall–Kier alpha value is -4.56. The van der Waals surface area contributed by atoms with E-state index in [-0.39, 0.29) is 35.9 Å². The topological polar surface area (TPSA) is 146 Å². The molecule has 0 radical (unpaired) electrons. The summed E-state index contributed by atoms with van der Waals surface area (Å²) in [4.78, 5) is 60.7. The summed E-state index contributed by atoms with van der Waals surface area (Å²) in [5.74, 6) is -3.16. The fraction of sp³-hybridized carbons (Fsp3) is 0.391. The Kier molecular flexibility index (Phi) is 6.00. The molecule has 0 spiro atoms. The lowest BCUT2D eigenvalue weighted by atomic mass is 9.94. The molecular weight excluding hydrogens is 502 g/mol. The summed E-state index contributed by atoms with van der Waals surface area (Å²) in [6, 6.07) is 0.644. The van der Waals surface area contributed by atoms with Gasteiger partial charge >= 0.3 is 5.69 Å². The number of imidazole rings is 1. The van der Waals surface area contributed by atoms with Gasteiger partial charge in [0.25, 0.3) is 11.5 Å². The molecule has 4 aromatic rings. The molecular formula is C23H24F2N10O3. The maximum absolute atomic E-state index is 13.4. The van der Waals surface area contributed by atoms with Crippen LogP contribution in [-0.4, -0.2) is 63.5 Å². The minimum Gasteiger partial charge on any atom is -0.340 e. The molecule has 1 saturated heterocycles. The molecule has 5 heterocycles. The van der Waals surface area contributed by atoms with Crippen LogP contribution < -0.4 is 21.5 Å². The van der Waals surface area contributed by atoms with Gasteiger partial charge in [-0.2, -0.15) is 0 Å². The van der Waals surface area contributed by atoms with E-state index in [1.807, 2.05) is 0 Å². The zero-order valence-corrected chi connectivity index (χ0v) is 21.0. The Morgan fingerprint density at radius 3 is 2.45 bits per heavy atom.